The van der Waals surface area contributed by atoms with E-state index in [4.69, 9.17) is 5.73 Å². The van der Waals surface area contributed by atoms with Gasteiger partial charge in [0.2, 0.25) is 0 Å². The van der Waals surface area contributed by atoms with Gasteiger partial charge in [-0.05, 0) is 24.0 Å². The molecule has 1 aromatic carbocycles. The number of fused-ring (bicyclic) bond motifs is 1. The molecule has 0 saturated heterocycles. The number of pyridine rings is 1. The van der Waals surface area contributed by atoms with Crippen molar-refractivity contribution < 1.29 is 26.7 Å². The highest BCUT2D eigenvalue weighted by Gasteiger charge is 2.39. The number of aromatic nitrogens is 1. The number of allylic oxidation sites excluding steroid dienone is 1. The topological polar surface area (TPSA) is 76.0 Å². The zero-order chi connectivity index (χ0) is 18.8. The summed E-state index contributed by atoms with van der Waals surface area (Å²) in [5, 5.41) is 1.74. The van der Waals surface area contributed by atoms with Gasteiger partial charge in [0.25, 0.3) is 11.5 Å². The molecule has 1 aliphatic heterocycles. The van der Waals surface area contributed by atoms with Crippen molar-refractivity contribution in [3.8, 4) is 0 Å². The van der Waals surface area contributed by atoms with Crippen molar-refractivity contribution in [1.29, 1.82) is 0 Å². The Hall–Kier alpha value is -2.36. The summed E-state index contributed by atoms with van der Waals surface area (Å²) in [5.74, 6) is -3.68. The molecule has 1 amide bonds. The molecular weight excluding hydrogens is 367 g/mol. The molecule has 0 atom stereocenters. The number of alkyl halides is 3. The molecule has 0 radical (unpaired) electrons. The van der Waals surface area contributed by atoms with Gasteiger partial charge >= 0.3 is 6.18 Å². The standard InChI is InChI=1S/C11H5F5N2O2.C4H6S/c12-5-2-3-1-4(9(17)19)10(20)18-8(3)7(13)6(5)11(14,15)16;1-2-4-5-3-1/h1-2H,(H2,17,19)(H,18,20);1,3H,2,4H2. The van der Waals surface area contributed by atoms with E-state index in [1.165, 1.54) is 12.2 Å². The zero-order valence-electron chi connectivity index (χ0n) is 12.4. The monoisotopic (exact) mass is 378 g/mol. The Morgan fingerprint density at radius 3 is 2.36 bits per heavy atom. The quantitative estimate of drug-likeness (QED) is 0.745. The average molecular weight is 378 g/mol. The summed E-state index contributed by atoms with van der Waals surface area (Å²) >= 11 is 1.89. The minimum absolute atomic E-state index is 0.365. The summed E-state index contributed by atoms with van der Waals surface area (Å²) in [4.78, 5) is 24.0. The number of halogens is 5. The van der Waals surface area contributed by atoms with E-state index in [1.54, 1.807) is 4.98 Å². The molecule has 0 fully saturated rings. The van der Waals surface area contributed by atoms with Crippen LogP contribution in [0.5, 0.6) is 0 Å². The van der Waals surface area contributed by atoms with Crippen LogP contribution in [0.4, 0.5) is 22.0 Å². The molecule has 0 bridgehead atoms. The van der Waals surface area contributed by atoms with Crippen LogP contribution in [0.25, 0.3) is 10.9 Å². The van der Waals surface area contributed by atoms with Crippen LogP contribution in [0.15, 0.2) is 28.4 Å². The van der Waals surface area contributed by atoms with Crippen LogP contribution < -0.4 is 11.3 Å². The Morgan fingerprint density at radius 1 is 1.24 bits per heavy atom. The van der Waals surface area contributed by atoms with Gasteiger partial charge in [0.15, 0.2) is 5.82 Å². The molecule has 1 aromatic heterocycles. The number of rotatable bonds is 1. The number of nitrogens with two attached hydrogens (primary N) is 1. The van der Waals surface area contributed by atoms with Crippen molar-refractivity contribution >= 4 is 28.6 Å². The van der Waals surface area contributed by atoms with Crippen molar-refractivity contribution in [2.24, 2.45) is 5.73 Å². The number of aromatic amines is 1. The molecule has 0 aliphatic carbocycles. The van der Waals surface area contributed by atoms with Crippen LogP contribution in [-0.4, -0.2) is 16.6 Å². The van der Waals surface area contributed by atoms with Crippen LogP contribution in [-0.2, 0) is 6.18 Å². The molecule has 0 saturated carbocycles. The Balaban J connectivity index is 0.000000386. The summed E-state index contributed by atoms with van der Waals surface area (Å²) in [6.45, 7) is 0. The number of benzene rings is 1. The third-order valence-corrected chi connectivity index (χ3v) is 4.03. The second kappa shape index (κ2) is 7.26. The first-order valence-electron chi connectivity index (χ1n) is 6.81. The van der Waals surface area contributed by atoms with Crippen molar-refractivity contribution in [3.05, 3.63) is 56.7 Å². The Labute approximate surface area is 141 Å². The highest BCUT2D eigenvalue weighted by Crippen LogP contribution is 2.36. The van der Waals surface area contributed by atoms with Gasteiger partial charge in [0.05, 0.1) is 5.52 Å². The van der Waals surface area contributed by atoms with E-state index in [1.807, 2.05) is 11.8 Å². The number of hydrogen-bond donors (Lipinski definition) is 2. The van der Waals surface area contributed by atoms with E-state index in [-0.39, 0.29) is 0 Å². The lowest BCUT2D eigenvalue weighted by molar-refractivity contribution is -0.142. The minimum atomic E-state index is -5.26. The maximum absolute atomic E-state index is 13.7. The predicted octanol–water partition coefficient (Wildman–Crippen LogP) is 3.56. The number of carbonyl (C=O) groups excluding carboxylic acids is 1. The third kappa shape index (κ3) is 4.19. The first-order valence-corrected chi connectivity index (χ1v) is 7.86. The largest absolute Gasteiger partial charge is 0.422 e. The van der Waals surface area contributed by atoms with E-state index in [2.05, 4.69) is 11.5 Å². The number of H-pyrrole nitrogens is 1. The maximum atomic E-state index is 13.7. The van der Waals surface area contributed by atoms with Crippen molar-refractivity contribution in [1.82, 2.24) is 4.98 Å². The van der Waals surface area contributed by atoms with Crippen LogP contribution in [0, 0.1) is 11.6 Å². The van der Waals surface area contributed by atoms with Gasteiger partial charge in [-0.2, -0.15) is 13.2 Å². The van der Waals surface area contributed by atoms with Gasteiger partial charge in [0, 0.05) is 11.1 Å². The van der Waals surface area contributed by atoms with Crippen LogP contribution in [0.3, 0.4) is 0 Å². The maximum Gasteiger partial charge on any atom is 0.422 e. The molecule has 134 valence electrons. The summed E-state index contributed by atoms with van der Waals surface area (Å²) in [5.41, 5.74) is 0.105. The van der Waals surface area contributed by atoms with Crippen LogP contribution in [0.2, 0.25) is 0 Å². The lowest BCUT2D eigenvalue weighted by Crippen LogP contribution is -2.24. The lowest BCUT2D eigenvalue weighted by Gasteiger charge is -2.11. The van der Waals surface area contributed by atoms with Gasteiger partial charge in [0.1, 0.15) is 16.9 Å². The molecule has 3 rings (SSSR count). The highest BCUT2D eigenvalue weighted by molar-refractivity contribution is 8.02. The first kappa shape index (κ1) is 19.0. The van der Waals surface area contributed by atoms with E-state index in [0.29, 0.717) is 6.07 Å². The number of nitrogens with one attached hydrogen (secondary N) is 1. The highest BCUT2D eigenvalue weighted by atomic mass is 32.2. The molecule has 10 heteroatoms. The predicted molar refractivity (Wildman–Crippen MR) is 84.2 cm³/mol. The van der Waals surface area contributed by atoms with Crippen molar-refractivity contribution in [3.63, 3.8) is 0 Å². The molecule has 2 aromatic rings. The molecule has 2 heterocycles. The molecule has 3 N–H and O–H groups in total. The lowest BCUT2D eigenvalue weighted by atomic mass is 10.1. The Morgan fingerprint density at radius 2 is 1.92 bits per heavy atom. The van der Waals surface area contributed by atoms with Gasteiger partial charge in [-0.1, -0.05) is 6.08 Å². The Bertz CT molecular complexity index is 899. The molecule has 1 aliphatic rings. The fourth-order valence-corrected chi connectivity index (χ4v) is 2.74. The summed E-state index contributed by atoms with van der Waals surface area (Å²) in [6.07, 6.45) is -1.78. The summed E-state index contributed by atoms with van der Waals surface area (Å²) in [6, 6.07) is 1.09. The summed E-state index contributed by atoms with van der Waals surface area (Å²) < 4.78 is 64.5. The molecule has 0 spiro atoms. The van der Waals surface area contributed by atoms with Crippen LogP contribution in [0.1, 0.15) is 22.3 Å². The Kier molecular flexibility index (Phi) is 5.51. The average Bonchev–Trinajstić information content (AvgIpc) is 3.05. The fraction of sp³-hybridized carbons (Fsp3) is 0.200. The summed E-state index contributed by atoms with van der Waals surface area (Å²) in [7, 11) is 0. The SMILES string of the molecule is C1=CSCC1.NC(=O)c1cc2cc(F)c(C(F)(F)F)c(F)c2[nH]c1=O. The van der Waals surface area contributed by atoms with Gasteiger partial charge < -0.3 is 10.7 Å². The van der Waals surface area contributed by atoms with E-state index in [0.717, 1.165) is 6.07 Å². The van der Waals surface area contributed by atoms with Crippen molar-refractivity contribution in [2.45, 2.75) is 12.6 Å². The molecule has 25 heavy (non-hydrogen) atoms. The number of hydrogen-bond acceptors (Lipinski definition) is 3. The minimum Gasteiger partial charge on any atom is -0.365 e. The van der Waals surface area contributed by atoms with Gasteiger partial charge in [-0.15, -0.1) is 11.8 Å². The van der Waals surface area contributed by atoms with E-state index >= 15 is 0 Å². The smallest absolute Gasteiger partial charge is 0.365 e. The van der Waals surface area contributed by atoms with E-state index in [9.17, 15) is 31.5 Å². The number of thioether (sulfide) groups is 1. The normalized spacial score (nSPS) is 13.6. The van der Waals surface area contributed by atoms with Gasteiger partial charge in [-0.3, -0.25) is 9.59 Å². The molecular formula is C15H11F5N2O2S. The third-order valence-electron chi connectivity index (χ3n) is 3.18. The van der Waals surface area contributed by atoms with Gasteiger partial charge in [-0.25, -0.2) is 8.78 Å². The van der Waals surface area contributed by atoms with E-state index < -0.39 is 51.3 Å². The second-order valence-electron chi connectivity index (χ2n) is 4.92. The van der Waals surface area contributed by atoms with Crippen LogP contribution >= 0.6 is 11.8 Å². The number of carbonyl (C=O) groups is 1. The molecule has 0 unspecified atom stereocenters. The van der Waals surface area contributed by atoms with Crippen molar-refractivity contribution in [2.75, 3.05) is 5.75 Å². The second-order valence-corrected chi connectivity index (χ2v) is 5.93. The zero-order valence-corrected chi connectivity index (χ0v) is 13.2. The number of amides is 1. The first-order chi connectivity index (χ1) is 11.6. The fourth-order valence-electron chi connectivity index (χ4n) is 2.06. The number of primary amides is 1. The molecule has 4 nitrogen and oxygen atoms in total.